The van der Waals surface area contributed by atoms with Crippen LogP contribution in [0, 0.1) is 0 Å². The van der Waals surface area contributed by atoms with Crippen LogP contribution in [0.3, 0.4) is 0 Å². The first-order chi connectivity index (χ1) is 5.77. The molecule has 0 saturated carbocycles. The molecule has 0 aliphatic heterocycles. The van der Waals surface area contributed by atoms with Crippen molar-refractivity contribution in [3.63, 3.8) is 0 Å². The van der Waals surface area contributed by atoms with Gasteiger partial charge in [0.05, 0.1) is 11.6 Å². The van der Waals surface area contributed by atoms with Gasteiger partial charge in [0.25, 0.3) is 0 Å². The van der Waals surface area contributed by atoms with Crippen molar-refractivity contribution >= 4 is 23.6 Å². The summed E-state index contributed by atoms with van der Waals surface area (Å²) in [4.78, 5) is 12.0. The molecule has 1 heterocycles. The highest BCUT2D eigenvalue weighted by Gasteiger charge is 1.98. The molecule has 1 aromatic carbocycles. The molecule has 0 fully saturated rings. The van der Waals surface area contributed by atoms with Gasteiger partial charge in [-0.15, -0.1) is 12.6 Å². The van der Waals surface area contributed by atoms with Gasteiger partial charge in [-0.05, 0) is 18.2 Å². The largest absolute Gasteiger partial charge is 0.464 e. The molecule has 0 N–H and O–H groups in total. The zero-order chi connectivity index (χ0) is 8.55. The summed E-state index contributed by atoms with van der Waals surface area (Å²) in [7, 11) is 0. The van der Waals surface area contributed by atoms with E-state index < -0.39 is 0 Å². The highest BCUT2D eigenvalue weighted by atomic mass is 32.1. The van der Waals surface area contributed by atoms with Crippen molar-refractivity contribution in [1.82, 2.24) is 0 Å². The average molecular weight is 178 g/mol. The van der Waals surface area contributed by atoms with E-state index in [1.165, 1.54) is 12.3 Å². The van der Waals surface area contributed by atoms with E-state index in [4.69, 9.17) is 4.42 Å². The minimum atomic E-state index is -0.0235. The smallest absolute Gasteiger partial charge is 0.192 e. The van der Waals surface area contributed by atoms with Crippen molar-refractivity contribution < 1.29 is 4.42 Å². The zero-order valence-electron chi connectivity index (χ0n) is 6.15. The van der Waals surface area contributed by atoms with Gasteiger partial charge < -0.3 is 4.42 Å². The van der Waals surface area contributed by atoms with Crippen LogP contribution in [0.4, 0.5) is 0 Å². The minimum absolute atomic E-state index is 0.0235. The van der Waals surface area contributed by atoms with Crippen LogP contribution in [0.1, 0.15) is 0 Å². The Kier molecular flexibility index (Phi) is 1.66. The van der Waals surface area contributed by atoms with E-state index in [9.17, 15) is 4.79 Å². The molecule has 0 aliphatic rings. The molecule has 0 saturated heterocycles. The topological polar surface area (TPSA) is 30.2 Å². The molecule has 2 rings (SSSR count). The molecule has 60 valence electrons. The summed E-state index contributed by atoms with van der Waals surface area (Å²) in [5.74, 6) is 0. The molecule has 2 aromatic rings. The Bertz CT molecular complexity index is 473. The van der Waals surface area contributed by atoms with Gasteiger partial charge >= 0.3 is 0 Å². The van der Waals surface area contributed by atoms with Gasteiger partial charge in [0.1, 0.15) is 5.58 Å². The second-order valence-electron chi connectivity index (χ2n) is 2.47. The minimum Gasteiger partial charge on any atom is -0.464 e. The normalized spacial score (nSPS) is 10.4. The van der Waals surface area contributed by atoms with Crippen LogP contribution in [0.5, 0.6) is 0 Å². The highest BCUT2D eigenvalue weighted by Crippen LogP contribution is 2.14. The summed E-state index contributed by atoms with van der Waals surface area (Å²) >= 11 is 4.13. The molecule has 0 radical (unpaired) electrons. The van der Waals surface area contributed by atoms with Crippen LogP contribution < -0.4 is 5.43 Å². The van der Waals surface area contributed by atoms with E-state index in [1.807, 2.05) is 0 Å². The Morgan fingerprint density at radius 2 is 2.08 bits per heavy atom. The Morgan fingerprint density at radius 1 is 1.25 bits per heavy atom. The Hall–Kier alpha value is -1.22. The SMILES string of the molecule is O=c1ccoc2cc(S)ccc12. The van der Waals surface area contributed by atoms with Gasteiger partial charge in [0.15, 0.2) is 5.43 Å². The second kappa shape index (κ2) is 2.68. The first-order valence-corrected chi connectivity index (χ1v) is 3.92. The van der Waals surface area contributed by atoms with Crippen molar-refractivity contribution in [2.24, 2.45) is 0 Å². The molecule has 1 aromatic heterocycles. The molecule has 0 aliphatic carbocycles. The van der Waals surface area contributed by atoms with Crippen LogP contribution in [-0.4, -0.2) is 0 Å². The zero-order valence-corrected chi connectivity index (χ0v) is 7.04. The van der Waals surface area contributed by atoms with E-state index in [2.05, 4.69) is 12.6 Å². The lowest BCUT2D eigenvalue weighted by Gasteiger charge is -1.94. The molecule has 2 nitrogen and oxygen atoms in total. The summed E-state index contributed by atoms with van der Waals surface area (Å²) in [6, 6.07) is 6.60. The van der Waals surface area contributed by atoms with Crippen molar-refractivity contribution in [1.29, 1.82) is 0 Å². The average Bonchev–Trinajstić information content (AvgIpc) is 2.04. The van der Waals surface area contributed by atoms with Gasteiger partial charge in [-0.1, -0.05) is 0 Å². The molecule has 0 unspecified atom stereocenters. The molecular weight excluding hydrogens is 172 g/mol. The van der Waals surface area contributed by atoms with E-state index in [1.54, 1.807) is 18.2 Å². The predicted octanol–water partition coefficient (Wildman–Crippen LogP) is 2.08. The second-order valence-corrected chi connectivity index (χ2v) is 2.98. The van der Waals surface area contributed by atoms with E-state index >= 15 is 0 Å². The van der Waals surface area contributed by atoms with Crippen molar-refractivity contribution in [2.45, 2.75) is 4.90 Å². The molecular formula is C9H6O2S. The van der Waals surface area contributed by atoms with E-state index in [0.29, 0.717) is 11.0 Å². The number of benzene rings is 1. The van der Waals surface area contributed by atoms with Gasteiger partial charge in [-0.3, -0.25) is 4.79 Å². The van der Waals surface area contributed by atoms with Crippen molar-refractivity contribution in [3.8, 4) is 0 Å². The third-order valence-corrected chi connectivity index (χ3v) is 1.92. The lowest BCUT2D eigenvalue weighted by atomic mass is 10.2. The molecule has 0 bridgehead atoms. The summed E-state index contributed by atoms with van der Waals surface area (Å²) in [6.45, 7) is 0. The van der Waals surface area contributed by atoms with Gasteiger partial charge in [0, 0.05) is 11.0 Å². The summed E-state index contributed by atoms with van der Waals surface area (Å²) in [6.07, 6.45) is 1.39. The maximum Gasteiger partial charge on any atom is 0.192 e. The van der Waals surface area contributed by atoms with Gasteiger partial charge in [0.2, 0.25) is 0 Å². The van der Waals surface area contributed by atoms with Crippen molar-refractivity contribution in [3.05, 3.63) is 40.8 Å². The maximum atomic E-state index is 11.2. The van der Waals surface area contributed by atoms with Crippen LogP contribution in [0.25, 0.3) is 11.0 Å². The summed E-state index contributed by atoms with van der Waals surface area (Å²) < 4.78 is 5.12. The van der Waals surface area contributed by atoms with Gasteiger partial charge in [-0.2, -0.15) is 0 Å². The lowest BCUT2D eigenvalue weighted by Crippen LogP contribution is -1.96. The fourth-order valence-corrected chi connectivity index (χ4v) is 1.26. The monoisotopic (exact) mass is 178 g/mol. The first kappa shape index (κ1) is 7.43. The summed E-state index contributed by atoms with van der Waals surface area (Å²) in [5.41, 5.74) is 0.555. The first-order valence-electron chi connectivity index (χ1n) is 3.48. The number of hydrogen-bond acceptors (Lipinski definition) is 3. The van der Waals surface area contributed by atoms with E-state index in [0.717, 1.165) is 4.90 Å². The number of thiol groups is 1. The Balaban J connectivity index is 2.96. The molecule has 3 heteroatoms. The van der Waals surface area contributed by atoms with Crippen LogP contribution in [-0.2, 0) is 0 Å². The maximum absolute atomic E-state index is 11.2. The fraction of sp³-hybridized carbons (Fsp3) is 0. The molecule has 0 spiro atoms. The number of hydrogen-bond donors (Lipinski definition) is 1. The third-order valence-electron chi connectivity index (χ3n) is 1.65. The number of fused-ring (bicyclic) bond motifs is 1. The fourth-order valence-electron chi connectivity index (χ4n) is 1.07. The highest BCUT2D eigenvalue weighted by molar-refractivity contribution is 7.80. The van der Waals surface area contributed by atoms with Gasteiger partial charge in [-0.25, -0.2) is 0 Å². The molecule has 12 heavy (non-hydrogen) atoms. The standard InChI is InChI=1S/C9H6O2S/c10-8-3-4-11-9-5-6(12)1-2-7(8)9/h1-5,12H. The summed E-state index contributed by atoms with van der Waals surface area (Å²) in [5, 5.41) is 0.593. The molecule has 0 atom stereocenters. The van der Waals surface area contributed by atoms with Crippen LogP contribution in [0.15, 0.2) is 44.6 Å². The predicted molar refractivity (Wildman–Crippen MR) is 49.7 cm³/mol. The Morgan fingerprint density at radius 3 is 2.92 bits per heavy atom. The van der Waals surface area contributed by atoms with Crippen molar-refractivity contribution in [2.75, 3.05) is 0 Å². The van der Waals surface area contributed by atoms with Crippen LogP contribution in [0.2, 0.25) is 0 Å². The molecule has 0 amide bonds. The van der Waals surface area contributed by atoms with Crippen LogP contribution >= 0.6 is 12.6 Å². The van der Waals surface area contributed by atoms with E-state index in [-0.39, 0.29) is 5.43 Å². The number of rotatable bonds is 0. The quantitative estimate of drug-likeness (QED) is 0.626. The Labute approximate surface area is 74.2 Å². The third kappa shape index (κ3) is 1.12. The lowest BCUT2D eigenvalue weighted by molar-refractivity contribution is 0.601.